The Morgan fingerprint density at radius 2 is 1.96 bits per heavy atom. The Hall–Kier alpha value is -2.53. The number of nitrogens with zero attached hydrogens (tertiary/aromatic N) is 2. The van der Waals surface area contributed by atoms with E-state index in [9.17, 15) is 4.79 Å². The molecule has 0 saturated carbocycles. The van der Waals surface area contributed by atoms with Gasteiger partial charge in [-0.25, -0.2) is 0 Å². The fourth-order valence-corrected chi connectivity index (χ4v) is 3.76. The van der Waals surface area contributed by atoms with Gasteiger partial charge in [-0.3, -0.25) is 4.79 Å². The van der Waals surface area contributed by atoms with Crippen molar-refractivity contribution in [3.8, 4) is 0 Å². The first kappa shape index (κ1) is 14.1. The topological polar surface area (TPSA) is 60.4 Å². The predicted octanol–water partition coefficient (Wildman–Crippen LogP) is 3.74. The standard InChI is InChI=1S/C18H15N3OS/c1-2-21-14-6-4-3-5-12(14)13-9-11(7-8-15(13)21)10-16-17(22)20-18(19)23-16/h3-10H,2H2,1H3,(H2,19,20,22)/b16-10+. The first-order chi connectivity index (χ1) is 11.2. The van der Waals surface area contributed by atoms with E-state index in [1.807, 2.05) is 12.1 Å². The van der Waals surface area contributed by atoms with Crippen molar-refractivity contribution in [1.82, 2.24) is 4.57 Å². The average Bonchev–Trinajstić information content (AvgIpc) is 3.04. The number of thioether (sulfide) groups is 1. The van der Waals surface area contributed by atoms with Crippen LogP contribution in [0.3, 0.4) is 0 Å². The summed E-state index contributed by atoms with van der Waals surface area (Å²) < 4.78 is 2.30. The van der Waals surface area contributed by atoms with Gasteiger partial charge in [-0.05, 0) is 48.5 Å². The minimum atomic E-state index is -0.261. The van der Waals surface area contributed by atoms with Crippen LogP contribution >= 0.6 is 11.8 Å². The van der Waals surface area contributed by atoms with E-state index in [1.54, 1.807) is 0 Å². The van der Waals surface area contributed by atoms with Gasteiger partial charge in [0.05, 0.1) is 4.91 Å². The molecule has 1 aromatic heterocycles. The van der Waals surface area contributed by atoms with Crippen LogP contribution in [0.2, 0.25) is 0 Å². The van der Waals surface area contributed by atoms with Crippen LogP contribution in [0.5, 0.6) is 0 Å². The Kier molecular flexibility index (Phi) is 3.23. The normalized spacial score (nSPS) is 16.7. The Morgan fingerprint density at radius 3 is 2.70 bits per heavy atom. The molecule has 2 aromatic carbocycles. The summed E-state index contributed by atoms with van der Waals surface area (Å²) in [5, 5.41) is 2.73. The number of hydrogen-bond acceptors (Lipinski definition) is 3. The maximum Gasteiger partial charge on any atom is 0.286 e. The molecule has 5 heteroatoms. The molecule has 0 radical (unpaired) electrons. The van der Waals surface area contributed by atoms with E-state index < -0.39 is 0 Å². The minimum absolute atomic E-state index is 0.261. The van der Waals surface area contributed by atoms with Gasteiger partial charge >= 0.3 is 0 Å². The number of fused-ring (bicyclic) bond motifs is 3. The van der Waals surface area contributed by atoms with Gasteiger partial charge in [-0.15, -0.1) is 0 Å². The van der Waals surface area contributed by atoms with Crippen LogP contribution in [0.25, 0.3) is 27.9 Å². The number of hydrogen-bond donors (Lipinski definition) is 1. The molecule has 0 unspecified atom stereocenters. The molecule has 1 aliphatic rings. The molecule has 1 amide bonds. The van der Waals surface area contributed by atoms with Crippen LogP contribution in [0, 0.1) is 0 Å². The van der Waals surface area contributed by atoms with E-state index in [0.29, 0.717) is 10.1 Å². The van der Waals surface area contributed by atoms with Crippen molar-refractivity contribution >= 4 is 50.7 Å². The van der Waals surface area contributed by atoms with Crippen LogP contribution < -0.4 is 5.73 Å². The molecular weight excluding hydrogens is 306 g/mol. The first-order valence-electron chi connectivity index (χ1n) is 7.46. The van der Waals surface area contributed by atoms with Gasteiger partial charge in [-0.2, -0.15) is 4.99 Å². The van der Waals surface area contributed by atoms with Gasteiger partial charge in [0, 0.05) is 28.4 Å². The predicted molar refractivity (Wildman–Crippen MR) is 97.3 cm³/mol. The van der Waals surface area contributed by atoms with Crippen LogP contribution in [0.4, 0.5) is 0 Å². The molecule has 0 spiro atoms. The van der Waals surface area contributed by atoms with Crippen molar-refractivity contribution in [2.75, 3.05) is 0 Å². The second-order valence-electron chi connectivity index (χ2n) is 5.40. The lowest BCUT2D eigenvalue weighted by atomic mass is 10.1. The SMILES string of the molecule is CCn1c2ccccc2c2cc(/C=C3/SC(N)=NC3=O)ccc21. The lowest BCUT2D eigenvalue weighted by molar-refractivity contribution is -0.113. The maximum absolute atomic E-state index is 11.8. The molecular formula is C18H15N3OS. The number of amidine groups is 1. The number of benzene rings is 2. The number of amides is 1. The average molecular weight is 321 g/mol. The van der Waals surface area contributed by atoms with Crippen LogP contribution in [0.15, 0.2) is 52.4 Å². The van der Waals surface area contributed by atoms with Crippen molar-refractivity contribution in [2.24, 2.45) is 10.7 Å². The van der Waals surface area contributed by atoms with Crippen molar-refractivity contribution in [3.63, 3.8) is 0 Å². The molecule has 0 aliphatic carbocycles. The van der Waals surface area contributed by atoms with E-state index in [2.05, 4.69) is 52.9 Å². The third kappa shape index (κ3) is 2.24. The van der Waals surface area contributed by atoms with Crippen molar-refractivity contribution in [2.45, 2.75) is 13.5 Å². The van der Waals surface area contributed by atoms with E-state index in [0.717, 1.165) is 12.1 Å². The van der Waals surface area contributed by atoms with E-state index in [4.69, 9.17) is 5.73 Å². The smallest absolute Gasteiger partial charge is 0.286 e. The number of carbonyl (C=O) groups is 1. The molecule has 0 fully saturated rings. The molecule has 0 atom stereocenters. The lowest BCUT2D eigenvalue weighted by Gasteiger charge is -2.03. The monoisotopic (exact) mass is 321 g/mol. The molecule has 0 saturated heterocycles. The maximum atomic E-state index is 11.8. The molecule has 2 heterocycles. The van der Waals surface area contributed by atoms with Crippen LogP contribution in [-0.4, -0.2) is 15.6 Å². The number of rotatable bonds is 2. The number of aliphatic imine (C=N–C) groups is 1. The highest BCUT2D eigenvalue weighted by molar-refractivity contribution is 8.18. The first-order valence-corrected chi connectivity index (χ1v) is 8.28. The number of aromatic nitrogens is 1. The minimum Gasteiger partial charge on any atom is -0.378 e. The summed E-state index contributed by atoms with van der Waals surface area (Å²) in [4.78, 5) is 16.1. The summed E-state index contributed by atoms with van der Waals surface area (Å²) in [7, 11) is 0. The zero-order valence-electron chi connectivity index (χ0n) is 12.6. The largest absolute Gasteiger partial charge is 0.378 e. The Bertz CT molecular complexity index is 1010. The number of nitrogens with two attached hydrogens (primary N) is 1. The van der Waals surface area contributed by atoms with Gasteiger partial charge in [-0.1, -0.05) is 24.3 Å². The summed E-state index contributed by atoms with van der Waals surface area (Å²) in [6.45, 7) is 3.07. The van der Waals surface area contributed by atoms with Gasteiger partial charge in [0.2, 0.25) is 0 Å². The number of para-hydroxylation sites is 1. The second-order valence-corrected chi connectivity index (χ2v) is 6.47. The lowest BCUT2D eigenvalue weighted by Crippen LogP contribution is -2.01. The fourth-order valence-electron chi connectivity index (χ4n) is 3.08. The quantitative estimate of drug-likeness (QED) is 0.731. The van der Waals surface area contributed by atoms with Crippen LogP contribution in [0.1, 0.15) is 12.5 Å². The van der Waals surface area contributed by atoms with E-state index in [1.165, 1.54) is 33.6 Å². The van der Waals surface area contributed by atoms with Crippen LogP contribution in [-0.2, 0) is 11.3 Å². The van der Waals surface area contributed by atoms with E-state index >= 15 is 0 Å². The summed E-state index contributed by atoms with van der Waals surface area (Å²) in [5.74, 6) is -0.261. The summed E-state index contributed by atoms with van der Waals surface area (Å²) in [6, 6.07) is 14.7. The van der Waals surface area contributed by atoms with Crippen molar-refractivity contribution in [3.05, 3.63) is 52.9 Å². The summed E-state index contributed by atoms with van der Waals surface area (Å²) in [6.07, 6.45) is 1.86. The molecule has 1 aliphatic heterocycles. The van der Waals surface area contributed by atoms with Crippen molar-refractivity contribution in [1.29, 1.82) is 0 Å². The zero-order chi connectivity index (χ0) is 16.0. The third-order valence-electron chi connectivity index (χ3n) is 4.05. The summed E-state index contributed by atoms with van der Waals surface area (Å²) >= 11 is 1.22. The fraction of sp³-hybridized carbons (Fsp3) is 0.111. The van der Waals surface area contributed by atoms with Gasteiger partial charge in [0.25, 0.3) is 5.91 Å². The summed E-state index contributed by atoms with van der Waals surface area (Å²) in [5.41, 5.74) is 9.02. The highest BCUT2D eigenvalue weighted by Gasteiger charge is 2.19. The highest BCUT2D eigenvalue weighted by Crippen LogP contribution is 2.32. The van der Waals surface area contributed by atoms with Gasteiger partial charge < -0.3 is 10.3 Å². The van der Waals surface area contributed by atoms with Crippen molar-refractivity contribution < 1.29 is 4.79 Å². The van der Waals surface area contributed by atoms with Gasteiger partial charge in [0.1, 0.15) is 0 Å². The Labute approximate surface area is 137 Å². The molecule has 3 aromatic rings. The van der Waals surface area contributed by atoms with E-state index in [-0.39, 0.29) is 5.91 Å². The van der Waals surface area contributed by atoms with Gasteiger partial charge in [0.15, 0.2) is 5.17 Å². The molecule has 4 nitrogen and oxygen atoms in total. The number of aryl methyl sites for hydroxylation is 1. The third-order valence-corrected chi connectivity index (χ3v) is 4.86. The Balaban J connectivity index is 1.90. The molecule has 0 bridgehead atoms. The molecule has 2 N–H and O–H groups in total. The number of carbonyl (C=O) groups excluding carboxylic acids is 1. The second kappa shape index (κ2) is 5.28. The highest BCUT2D eigenvalue weighted by atomic mass is 32.2. The zero-order valence-corrected chi connectivity index (χ0v) is 13.4. The molecule has 23 heavy (non-hydrogen) atoms. The molecule has 4 rings (SSSR count). The molecule has 114 valence electrons. The Morgan fingerprint density at radius 1 is 1.17 bits per heavy atom.